The molecule has 4 rings (SSSR count). The molecule has 0 bridgehead atoms. The molecule has 5 nitrogen and oxygen atoms in total. The average Bonchev–Trinajstić information content (AvgIpc) is 3.17. The van der Waals surface area contributed by atoms with Crippen LogP contribution in [0, 0.1) is 6.92 Å². The van der Waals surface area contributed by atoms with Crippen LogP contribution in [0.3, 0.4) is 0 Å². The van der Waals surface area contributed by atoms with Crippen LogP contribution in [0.1, 0.15) is 5.56 Å². The van der Waals surface area contributed by atoms with E-state index in [1.807, 2.05) is 36.6 Å². The molecule has 0 spiro atoms. The molecule has 0 aliphatic rings. The summed E-state index contributed by atoms with van der Waals surface area (Å²) in [5, 5.41) is 4.95. The van der Waals surface area contributed by atoms with Crippen molar-refractivity contribution in [2.75, 3.05) is 5.32 Å². The number of aryl methyl sites for hydroxylation is 1. The number of fused-ring (bicyclic) bond motifs is 1. The summed E-state index contributed by atoms with van der Waals surface area (Å²) in [5.74, 6) is -3.11. The normalized spacial score (nSPS) is 11.2. The van der Waals surface area contributed by atoms with Crippen LogP contribution < -0.4 is 10.9 Å². The fourth-order valence-corrected chi connectivity index (χ4v) is 4.64. The highest BCUT2D eigenvalue weighted by atomic mass is 32.2. The number of benzene rings is 2. The number of alkyl halides is 2. The van der Waals surface area contributed by atoms with Gasteiger partial charge in [-0.2, -0.15) is 8.78 Å². The van der Waals surface area contributed by atoms with Crippen LogP contribution in [0.4, 0.5) is 14.5 Å². The summed E-state index contributed by atoms with van der Waals surface area (Å²) >= 11 is 1.72. The minimum absolute atomic E-state index is 0.256. The predicted octanol–water partition coefficient (Wildman–Crippen LogP) is 5.39. The molecule has 0 aliphatic heterocycles. The molecule has 2 aromatic carbocycles. The molecule has 0 unspecified atom stereocenters. The van der Waals surface area contributed by atoms with Crippen LogP contribution in [-0.4, -0.2) is 21.2 Å². The first-order valence-corrected chi connectivity index (χ1v) is 11.1. The fourth-order valence-electron chi connectivity index (χ4n) is 3.14. The molecule has 0 radical (unpaired) electrons. The molecule has 4 aromatic rings. The van der Waals surface area contributed by atoms with Gasteiger partial charge in [-0.3, -0.25) is 14.2 Å². The van der Waals surface area contributed by atoms with Gasteiger partial charge in [0, 0.05) is 15.8 Å². The lowest BCUT2D eigenvalue weighted by atomic mass is 10.1. The second-order valence-electron chi connectivity index (χ2n) is 6.80. The van der Waals surface area contributed by atoms with Crippen LogP contribution in [0.25, 0.3) is 21.3 Å². The molecule has 0 aliphatic carbocycles. The molecule has 1 N–H and O–H groups in total. The highest BCUT2D eigenvalue weighted by Gasteiger charge is 2.16. The van der Waals surface area contributed by atoms with Gasteiger partial charge in [0.15, 0.2) is 0 Å². The number of nitrogens with one attached hydrogen (secondary N) is 1. The zero-order valence-corrected chi connectivity index (χ0v) is 18.0. The van der Waals surface area contributed by atoms with Gasteiger partial charge in [-0.15, -0.1) is 11.3 Å². The van der Waals surface area contributed by atoms with E-state index in [1.165, 1.54) is 28.3 Å². The van der Waals surface area contributed by atoms with Crippen molar-refractivity contribution in [1.82, 2.24) is 9.55 Å². The van der Waals surface area contributed by atoms with E-state index in [1.54, 1.807) is 18.2 Å². The lowest BCUT2D eigenvalue weighted by Gasteiger charge is -2.11. The maximum Gasteiger partial charge on any atom is 0.288 e. The van der Waals surface area contributed by atoms with Gasteiger partial charge in [0.05, 0.1) is 17.4 Å². The third-order valence-electron chi connectivity index (χ3n) is 4.61. The van der Waals surface area contributed by atoms with E-state index in [0.29, 0.717) is 22.0 Å². The first-order valence-electron chi connectivity index (χ1n) is 9.30. The van der Waals surface area contributed by atoms with Crippen molar-refractivity contribution in [1.29, 1.82) is 0 Å². The summed E-state index contributed by atoms with van der Waals surface area (Å²) < 4.78 is 26.7. The van der Waals surface area contributed by atoms with Gasteiger partial charge >= 0.3 is 0 Å². The number of hydrogen-bond acceptors (Lipinski definition) is 5. The number of carbonyl (C=O) groups excluding carboxylic acids is 1. The number of hydrogen-bond donors (Lipinski definition) is 1. The minimum Gasteiger partial charge on any atom is -0.324 e. The molecule has 0 saturated heterocycles. The van der Waals surface area contributed by atoms with Crippen LogP contribution in [0.5, 0.6) is 0 Å². The SMILES string of the molecule is Cc1ccc(-c2csc3ncn(CC(=O)Nc4ccccc4SC(F)F)c(=O)c23)cc1. The topological polar surface area (TPSA) is 64.0 Å². The summed E-state index contributed by atoms with van der Waals surface area (Å²) in [6, 6.07) is 14.1. The number of anilines is 1. The Balaban J connectivity index is 1.62. The summed E-state index contributed by atoms with van der Waals surface area (Å²) in [4.78, 5) is 30.8. The van der Waals surface area contributed by atoms with Crippen LogP contribution in [0.2, 0.25) is 0 Å². The van der Waals surface area contributed by atoms with Crippen molar-refractivity contribution < 1.29 is 13.6 Å². The number of thiophene rings is 1. The maximum atomic E-state index is 13.1. The first-order chi connectivity index (χ1) is 14.9. The van der Waals surface area contributed by atoms with E-state index in [0.717, 1.165) is 16.7 Å². The van der Waals surface area contributed by atoms with Crippen molar-refractivity contribution in [3.8, 4) is 11.1 Å². The fraction of sp³-hybridized carbons (Fsp3) is 0.136. The second-order valence-corrected chi connectivity index (χ2v) is 8.69. The number of carbonyl (C=O) groups is 1. The first kappa shape index (κ1) is 21.2. The van der Waals surface area contributed by atoms with Crippen molar-refractivity contribution in [2.24, 2.45) is 0 Å². The minimum atomic E-state index is -2.61. The van der Waals surface area contributed by atoms with Crippen LogP contribution in [-0.2, 0) is 11.3 Å². The molecule has 0 saturated carbocycles. The number of para-hydroxylation sites is 1. The number of rotatable bonds is 6. The Bertz CT molecular complexity index is 1300. The van der Waals surface area contributed by atoms with E-state index in [9.17, 15) is 18.4 Å². The molecule has 158 valence electrons. The standard InChI is InChI=1S/C22H17F2N3O2S2/c1-13-6-8-14(9-7-13)15-11-30-20-19(15)21(29)27(12-25-20)10-18(28)26-16-4-2-3-5-17(16)31-22(23)24/h2-9,11-12,22H,10H2,1H3,(H,26,28). The summed E-state index contributed by atoms with van der Waals surface area (Å²) in [6.45, 7) is 1.71. The molecule has 9 heteroatoms. The Morgan fingerprint density at radius 1 is 1.19 bits per heavy atom. The number of thioether (sulfide) groups is 1. The van der Waals surface area contributed by atoms with Crippen LogP contribution >= 0.6 is 23.1 Å². The molecular formula is C22H17F2N3O2S2. The van der Waals surface area contributed by atoms with E-state index >= 15 is 0 Å². The molecule has 1 amide bonds. The monoisotopic (exact) mass is 457 g/mol. The molecular weight excluding hydrogens is 440 g/mol. The zero-order chi connectivity index (χ0) is 22.0. The maximum absolute atomic E-state index is 13.1. The van der Waals surface area contributed by atoms with Gasteiger partial charge in [-0.05, 0) is 24.6 Å². The van der Waals surface area contributed by atoms with Crippen molar-refractivity contribution in [3.05, 3.63) is 76.2 Å². The number of nitrogens with zero attached hydrogens (tertiary/aromatic N) is 2. The van der Waals surface area contributed by atoms with Gasteiger partial charge < -0.3 is 5.32 Å². The van der Waals surface area contributed by atoms with E-state index < -0.39 is 11.7 Å². The van der Waals surface area contributed by atoms with Crippen LogP contribution in [0.15, 0.2) is 69.9 Å². The van der Waals surface area contributed by atoms with Gasteiger partial charge in [0.2, 0.25) is 5.91 Å². The second kappa shape index (κ2) is 8.99. The summed E-state index contributed by atoms with van der Waals surface area (Å²) in [7, 11) is 0. The van der Waals surface area contributed by atoms with E-state index in [-0.39, 0.29) is 22.7 Å². The molecule has 31 heavy (non-hydrogen) atoms. The van der Waals surface area contributed by atoms with Crippen molar-refractivity contribution in [2.45, 2.75) is 24.1 Å². The largest absolute Gasteiger partial charge is 0.324 e. The van der Waals surface area contributed by atoms with Gasteiger partial charge in [-0.1, -0.05) is 53.7 Å². The summed E-state index contributed by atoms with van der Waals surface area (Å²) in [5.41, 5.74) is 2.73. The van der Waals surface area contributed by atoms with Crippen molar-refractivity contribution >= 4 is 44.9 Å². The van der Waals surface area contributed by atoms with Gasteiger partial charge in [0.25, 0.3) is 11.3 Å². The van der Waals surface area contributed by atoms with E-state index in [2.05, 4.69) is 10.3 Å². The number of aromatic nitrogens is 2. The predicted molar refractivity (Wildman–Crippen MR) is 121 cm³/mol. The molecule has 0 fully saturated rings. The van der Waals surface area contributed by atoms with Gasteiger partial charge in [-0.25, -0.2) is 4.98 Å². The number of halogens is 2. The lowest BCUT2D eigenvalue weighted by Crippen LogP contribution is -2.28. The zero-order valence-electron chi connectivity index (χ0n) is 16.3. The Hall–Kier alpha value is -3.04. The Morgan fingerprint density at radius 2 is 1.94 bits per heavy atom. The Morgan fingerprint density at radius 3 is 2.68 bits per heavy atom. The Kier molecular flexibility index (Phi) is 6.15. The molecule has 0 atom stereocenters. The van der Waals surface area contributed by atoms with Crippen molar-refractivity contribution in [3.63, 3.8) is 0 Å². The highest BCUT2D eigenvalue weighted by Crippen LogP contribution is 2.32. The number of amides is 1. The lowest BCUT2D eigenvalue weighted by molar-refractivity contribution is -0.116. The molecule has 2 heterocycles. The quantitative estimate of drug-likeness (QED) is 0.395. The summed E-state index contributed by atoms with van der Waals surface area (Å²) in [6.07, 6.45) is 1.33. The van der Waals surface area contributed by atoms with E-state index in [4.69, 9.17) is 0 Å². The smallest absolute Gasteiger partial charge is 0.288 e. The third-order valence-corrected chi connectivity index (χ3v) is 6.29. The molecule has 2 aromatic heterocycles. The Labute approximate surface area is 184 Å². The van der Waals surface area contributed by atoms with Gasteiger partial charge in [0.1, 0.15) is 11.4 Å². The third kappa shape index (κ3) is 4.67. The highest BCUT2D eigenvalue weighted by molar-refractivity contribution is 7.99. The average molecular weight is 458 g/mol.